The quantitative estimate of drug-likeness (QED) is 0.758. The Morgan fingerprint density at radius 2 is 1.93 bits per heavy atom. The molecule has 1 saturated carbocycles. The van der Waals surface area contributed by atoms with E-state index >= 15 is 0 Å². The molecule has 82 valence electrons. The van der Waals surface area contributed by atoms with Gasteiger partial charge in [-0.05, 0) is 25.9 Å². The smallest absolute Gasteiger partial charge is 0.256 e. The molecule has 0 aromatic rings. The maximum atomic E-state index is 12.8. The Morgan fingerprint density at radius 3 is 2.43 bits per heavy atom. The number of hydrogen-bond acceptors (Lipinski definition) is 2. The largest absolute Gasteiger partial charge is 0.377 e. The van der Waals surface area contributed by atoms with Crippen molar-refractivity contribution in [1.82, 2.24) is 5.32 Å². The maximum absolute atomic E-state index is 12.8. The van der Waals surface area contributed by atoms with Gasteiger partial charge in [-0.3, -0.25) is 0 Å². The minimum Gasteiger partial charge on any atom is -0.377 e. The number of hydrogen-bond donors (Lipinski definition) is 1. The molecule has 1 saturated heterocycles. The van der Waals surface area contributed by atoms with Crippen LogP contribution in [-0.4, -0.2) is 31.7 Å². The molecule has 1 aliphatic heterocycles. The Kier molecular flexibility index (Phi) is 2.52. The normalized spacial score (nSPS) is 37.1. The molecule has 1 aliphatic carbocycles. The molecular formula is C10H17F2NO. The van der Waals surface area contributed by atoms with Gasteiger partial charge in [-0.25, -0.2) is 8.78 Å². The lowest BCUT2D eigenvalue weighted by Crippen LogP contribution is -2.33. The van der Waals surface area contributed by atoms with Gasteiger partial charge >= 0.3 is 0 Å². The van der Waals surface area contributed by atoms with Crippen LogP contribution in [-0.2, 0) is 4.74 Å². The average Bonchev–Trinajstić information content (AvgIpc) is 2.65. The van der Waals surface area contributed by atoms with E-state index in [-0.39, 0.29) is 19.1 Å². The standard InChI is InChI=1S/C10H17F2NO/c1-9(6-10(9,11)12)7-14-8-2-4-13-5-3-8/h8,13H,2-7H2,1H3. The lowest BCUT2D eigenvalue weighted by atomic mass is 10.1. The molecule has 0 amide bonds. The molecule has 1 unspecified atom stereocenters. The fourth-order valence-electron chi connectivity index (χ4n) is 1.87. The van der Waals surface area contributed by atoms with E-state index in [0.29, 0.717) is 0 Å². The van der Waals surface area contributed by atoms with E-state index in [2.05, 4.69) is 5.32 Å². The Morgan fingerprint density at radius 1 is 1.36 bits per heavy atom. The van der Waals surface area contributed by atoms with Gasteiger partial charge in [-0.2, -0.15) is 0 Å². The second-order valence-corrected chi connectivity index (χ2v) is 4.70. The highest BCUT2D eigenvalue weighted by molar-refractivity contribution is 5.07. The van der Waals surface area contributed by atoms with Gasteiger partial charge in [0.1, 0.15) is 0 Å². The molecule has 2 aliphatic rings. The number of ether oxygens (including phenoxy) is 1. The van der Waals surface area contributed by atoms with Crippen LogP contribution in [0.2, 0.25) is 0 Å². The highest BCUT2D eigenvalue weighted by atomic mass is 19.3. The molecule has 2 fully saturated rings. The molecule has 0 bridgehead atoms. The second kappa shape index (κ2) is 3.42. The van der Waals surface area contributed by atoms with Crippen LogP contribution in [0, 0.1) is 5.41 Å². The minimum atomic E-state index is -2.49. The summed E-state index contributed by atoms with van der Waals surface area (Å²) in [5.74, 6) is -2.49. The molecule has 0 aromatic carbocycles. The molecule has 0 spiro atoms. The van der Waals surface area contributed by atoms with Gasteiger partial charge in [0.05, 0.1) is 18.1 Å². The summed E-state index contributed by atoms with van der Waals surface area (Å²) in [6, 6.07) is 0. The van der Waals surface area contributed by atoms with Crippen molar-refractivity contribution in [3.05, 3.63) is 0 Å². The number of halogens is 2. The van der Waals surface area contributed by atoms with Crippen LogP contribution < -0.4 is 5.32 Å². The molecule has 1 atom stereocenters. The van der Waals surface area contributed by atoms with Crippen molar-refractivity contribution in [2.75, 3.05) is 19.7 Å². The average molecular weight is 205 g/mol. The van der Waals surface area contributed by atoms with E-state index in [1.165, 1.54) is 0 Å². The van der Waals surface area contributed by atoms with Crippen LogP contribution in [0.15, 0.2) is 0 Å². The van der Waals surface area contributed by atoms with Gasteiger partial charge in [-0.15, -0.1) is 0 Å². The van der Waals surface area contributed by atoms with Crippen molar-refractivity contribution in [3.8, 4) is 0 Å². The summed E-state index contributed by atoms with van der Waals surface area (Å²) < 4.78 is 31.2. The van der Waals surface area contributed by atoms with Crippen molar-refractivity contribution >= 4 is 0 Å². The number of nitrogens with one attached hydrogen (secondary N) is 1. The molecule has 1 heterocycles. The number of piperidine rings is 1. The lowest BCUT2D eigenvalue weighted by molar-refractivity contribution is -0.0264. The van der Waals surface area contributed by atoms with E-state index in [9.17, 15) is 8.78 Å². The summed E-state index contributed by atoms with van der Waals surface area (Å²) in [6.45, 7) is 3.70. The topological polar surface area (TPSA) is 21.3 Å². The van der Waals surface area contributed by atoms with Gasteiger partial charge in [0.25, 0.3) is 5.92 Å². The fraction of sp³-hybridized carbons (Fsp3) is 1.00. The molecule has 14 heavy (non-hydrogen) atoms. The Labute approximate surface area is 83.0 Å². The van der Waals surface area contributed by atoms with Gasteiger partial charge in [0.2, 0.25) is 0 Å². The third-order valence-corrected chi connectivity index (χ3v) is 3.29. The molecule has 1 N–H and O–H groups in total. The third-order valence-electron chi connectivity index (χ3n) is 3.29. The van der Waals surface area contributed by atoms with Gasteiger partial charge in [0, 0.05) is 6.42 Å². The van der Waals surface area contributed by atoms with Crippen molar-refractivity contribution in [1.29, 1.82) is 0 Å². The Hall–Kier alpha value is -0.220. The fourth-order valence-corrected chi connectivity index (χ4v) is 1.87. The maximum Gasteiger partial charge on any atom is 0.256 e. The van der Waals surface area contributed by atoms with Gasteiger partial charge < -0.3 is 10.1 Å². The second-order valence-electron chi connectivity index (χ2n) is 4.70. The summed E-state index contributed by atoms with van der Waals surface area (Å²) in [5.41, 5.74) is -0.877. The van der Waals surface area contributed by atoms with E-state index in [4.69, 9.17) is 4.74 Å². The Bertz CT molecular complexity index is 216. The predicted octanol–water partition coefficient (Wildman–Crippen LogP) is 1.80. The van der Waals surface area contributed by atoms with Gasteiger partial charge in [0.15, 0.2) is 0 Å². The van der Waals surface area contributed by atoms with E-state index in [1.54, 1.807) is 6.92 Å². The first kappa shape index (κ1) is 10.3. The van der Waals surface area contributed by atoms with Crippen LogP contribution in [0.5, 0.6) is 0 Å². The first-order chi connectivity index (χ1) is 6.54. The van der Waals surface area contributed by atoms with E-state index in [0.717, 1.165) is 25.9 Å². The molecule has 0 aromatic heterocycles. The van der Waals surface area contributed by atoms with Crippen LogP contribution in [0.3, 0.4) is 0 Å². The first-order valence-corrected chi connectivity index (χ1v) is 5.24. The number of alkyl halides is 2. The monoisotopic (exact) mass is 205 g/mol. The summed E-state index contributed by atoms with van der Waals surface area (Å²) in [6.07, 6.45) is 2.07. The Balaban J connectivity index is 1.72. The highest BCUT2D eigenvalue weighted by Gasteiger charge is 2.68. The minimum absolute atomic E-state index is 0.00896. The molecule has 4 heteroatoms. The lowest BCUT2D eigenvalue weighted by Gasteiger charge is -2.24. The highest BCUT2D eigenvalue weighted by Crippen LogP contribution is 2.60. The summed E-state index contributed by atoms with van der Waals surface area (Å²) in [7, 11) is 0. The molecular weight excluding hydrogens is 188 g/mol. The first-order valence-electron chi connectivity index (χ1n) is 5.24. The number of rotatable bonds is 3. The van der Waals surface area contributed by atoms with E-state index < -0.39 is 11.3 Å². The van der Waals surface area contributed by atoms with Gasteiger partial charge in [-0.1, -0.05) is 6.92 Å². The van der Waals surface area contributed by atoms with Crippen molar-refractivity contribution in [2.24, 2.45) is 5.41 Å². The zero-order valence-electron chi connectivity index (χ0n) is 8.48. The zero-order valence-corrected chi connectivity index (χ0v) is 8.48. The third kappa shape index (κ3) is 1.91. The van der Waals surface area contributed by atoms with E-state index in [1.807, 2.05) is 0 Å². The van der Waals surface area contributed by atoms with Crippen LogP contribution in [0.25, 0.3) is 0 Å². The summed E-state index contributed by atoms with van der Waals surface area (Å²) >= 11 is 0. The summed E-state index contributed by atoms with van der Waals surface area (Å²) in [5, 5.41) is 3.22. The van der Waals surface area contributed by atoms with Crippen molar-refractivity contribution in [2.45, 2.75) is 38.2 Å². The zero-order chi connectivity index (χ0) is 10.2. The SMILES string of the molecule is CC1(COC2CCNCC2)CC1(F)F. The molecule has 2 nitrogen and oxygen atoms in total. The predicted molar refractivity (Wildman–Crippen MR) is 49.5 cm³/mol. The summed E-state index contributed by atoms with van der Waals surface area (Å²) in [4.78, 5) is 0. The van der Waals surface area contributed by atoms with Crippen LogP contribution in [0.4, 0.5) is 8.78 Å². The molecule has 0 radical (unpaired) electrons. The van der Waals surface area contributed by atoms with Crippen molar-refractivity contribution < 1.29 is 13.5 Å². The van der Waals surface area contributed by atoms with Crippen molar-refractivity contribution in [3.63, 3.8) is 0 Å². The van der Waals surface area contributed by atoms with Crippen LogP contribution >= 0.6 is 0 Å². The van der Waals surface area contributed by atoms with Crippen LogP contribution in [0.1, 0.15) is 26.2 Å². The molecule has 2 rings (SSSR count).